The minimum Gasteiger partial charge on any atom is -0.342 e. The molecule has 1 unspecified atom stereocenters. The third kappa shape index (κ3) is 2.30. The van der Waals surface area contributed by atoms with Crippen LogP contribution in [0, 0.1) is 12.8 Å². The highest BCUT2D eigenvalue weighted by molar-refractivity contribution is 7.11. The lowest BCUT2D eigenvalue weighted by atomic mass is 9.89. The van der Waals surface area contributed by atoms with Crippen molar-refractivity contribution in [3.8, 4) is 0 Å². The Morgan fingerprint density at radius 3 is 2.89 bits per heavy atom. The van der Waals surface area contributed by atoms with Crippen LogP contribution in [-0.2, 0) is 17.6 Å². The lowest BCUT2D eigenvalue weighted by Gasteiger charge is -2.31. The van der Waals surface area contributed by atoms with Crippen LogP contribution in [-0.4, -0.2) is 28.9 Å². The number of hydrogen-bond acceptors (Lipinski definition) is 3. The van der Waals surface area contributed by atoms with E-state index in [1.807, 2.05) is 0 Å². The summed E-state index contributed by atoms with van der Waals surface area (Å²) in [4.78, 5) is 20.5. The molecule has 3 rings (SSSR count). The predicted molar refractivity (Wildman–Crippen MR) is 72.8 cm³/mol. The molecule has 98 valence electrons. The second-order valence-corrected chi connectivity index (χ2v) is 6.72. The number of piperidine rings is 1. The largest absolute Gasteiger partial charge is 0.342 e. The molecule has 0 bridgehead atoms. The summed E-state index contributed by atoms with van der Waals surface area (Å²) in [6.45, 7) is 4.01. The van der Waals surface area contributed by atoms with Gasteiger partial charge < -0.3 is 4.90 Å². The standard InChI is InChI=1S/C14H20N2OS/c1-10-15-12-6-5-11(9-13(12)18-10)14(17)16-7-3-2-4-8-16/h11H,2-9H2,1H3. The smallest absolute Gasteiger partial charge is 0.226 e. The van der Waals surface area contributed by atoms with Crippen LogP contribution < -0.4 is 0 Å². The molecular formula is C14H20N2OS. The number of likely N-dealkylation sites (tertiary alicyclic amines) is 1. The van der Waals surface area contributed by atoms with E-state index in [0.29, 0.717) is 5.91 Å². The third-order valence-electron chi connectivity index (χ3n) is 4.06. The summed E-state index contributed by atoms with van der Waals surface area (Å²) >= 11 is 1.78. The summed E-state index contributed by atoms with van der Waals surface area (Å²) in [5, 5.41) is 1.14. The monoisotopic (exact) mass is 264 g/mol. The Labute approximate surface area is 112 Å². The van der Waals surface area contributed by atoms with E-state index in [1.165, 1.54) is 29.8 Å². The molecule has 0 radical (unpaired) electrons. The molecule has 0 spiro atoms. The van der Waals surface area contributed by atoms with E-state index in [0.717, 1.165) is 37.4 Å². The molecule has 18 heavy (non-hydrogen) atoms. The molecule has 0 aromatic carbocycles. The third-order valence-corrected chi connectivity index (χ3v) is 5.10. The van der Waals surface area contributed by atoms with Gasteiger partial charge in [-0.1, -0.05) is 0 Å². The number of carbonyl (C=O) groups is 1. The number of rotatable bonds is 1. The zero-order valence-electron chi connectivity index (χ0n) is 10.9. The van der Waals surface area contributed by atoms with Gasteiger partial charge in [-0.3, -0.25) is 4.79 Å². The van der Waals surface area contributed by atoms with Gasteiger partial charge in [-0.15, -0.1) is 11.3 Å². The number of carbonyl (C=O) groups excluding carboxylic acids is 1. The SMILES string of the molecule is Cc1nc2c(s1)CC(C(=O)N1CCCCC1)CC2. The molecule has 2 heterocycles. The Kier molecular flexibility index (Phi) is 3.37. The number of thiazole rings is 1. The van der Waals surface area contributed by atoms with E-state index in [-0.39, 0.29) is 5.92 Å². The van der Waals surface area contributed by atoms with Crippen LogP contribution in [0.3, 0.4) is 0 Å². The topological polar surface area (TPSA) is 33.2 Å². The zero-order valence-corrected chi connectivity index (χ0v) is 11.8. The first kappa shape index (κ1) is 12.2. The van der Waals surface area contributed by atoms with Crippen molar-refractivity contribution in [3.63, 3.8) is 0 Å². The zero-order chi connectivity index (χ0) is 12.5. The number of nitrogens with zero attached hydrogens (tertiary/aromatic N) is 2. The van der Waals surface area contributed by atoms with Gasteiger partial charge in [0.25, 0.3) is 0 Å². The van der Waals surface area contributed by atoms with Crippen LogP contribution in [0.1, 0.15) is 41.3 Å². The first-order valence-corrected chi connectivity index (χ1v) is 7.79. The molecule has 0 saturated carbocycles. The minimum absolute atomic E-state index is 0.218. The molecular weight excluding hydrogens is 244 g/mol. The fourth-order valence-electron chi connectivity index (χ4n) is 3.09. The van der Waals surface area contributed by atoms with Gasteiger partial charge in [0.15, 0.2) is 0 Å². The van der Waals surface area contributed by atoms with E-state index in [9.17, 15) is 4.79 Å². The number of aryl methyl sites for hydroxylation is 2. The molecule has 0 N–H and O–H groups in total. The number of aromatic nitrogens is 1. The van der Waals surface area contributed by atoms with Crippen LogP contribution in [0.2, 0.25) is 0 Å². The maximum absolute atomic E-state index is 12.5. The summed E-state index contributed by atoms with van der Waals surface area (Å²) in [6, 6.07) is 0. The van der Waals surface area contributed by atoms with E-state index < -0.39 is 0 Å². The van der Waals surface area contributed by atoms with E-state index in [1.54, 1.807) is 11.3 Å². The van der Waals surface area contributed by atoms with Gasteiger partial charge in [-0.25, -0.2) is 4.98 Å². The van der Waals surface area contributed by atoms with E-state index in [2.05, 4.69) is 16.8 Å². The van der Waals surface area contributed by atoms with Crippen LogP contribution in [0.5, 0.6) is 0 Å². The van der Waals surface area contributed by atoms with Gasteiger partial charge in [-0.05, 0) is 45.4 Å². The molecule has 2 aliphatic rings. The number of hydrogen-bond donors (Lipinski definition) is 0. The molecule has 1 aromatic heterocycles. The van der Waals surface area contributed by atoms with Crippen LogP contribution in [0.4, 0.5) is 0 Å². The maximum Gasteiger partial charge on any atom is 0.226 e. The van der Waals surface area contributed by atoms with Gasteiger partial charge in [-0.2, -0.15) is 0 Å². The van der Waals surface area contributed by atoms with Crippen molar-refractivity contribution in [2.45, 2.75) is 45.4 Å². The highest BCUT2D eigenvalue weighted by Gasteiger charge is 2.30. The second-order valence-electron chi connectivity index (χ2n) is 5.43. The highest BCUT2D eigenvalue weighted by atomic mass is 32.1. The van der Waals surface area contributed by atoms with Gasteiger partial charge in [0, 0.05) is 23.9 Å². The predicted octanol–water partition coefficient (Wildman–Crippen LogP) is 2.57. The summed E-state index contributed by atoms with van der Waals surface area (Å²) in [7, 11) is 0. The van der Waals surface area contributed by atoms with Crippen molar-refractivity contribution < 1.29 is 4.79 Å². The van der Waals surface area contributed by atoms with Gasteiger partial charge in [0.2, 0.25) is 5.91 Å². The second kappa shape index (κ2) is 5.00. The quantitative estimate of drug-likeness (QED) is 0.781. The number of amides is 1. The molecule has 4 heteroatoms. The first-order chi connectivity index (χ1) is 8.74. The van der Waals surface area contributed by atoms with Gasteiger partial charge in [0.05, 0.1) is 10.7 Å². The fraction of sp³-hybridized carbons (Fsp3) is 0.714. The molecule has 1 fully saturated rings. The first-order valence-electron chi connectivity index (χ1n) is 6.98. The lowest BCUT2D eigenvalue weighted by Crippen LogP contribution is -2.41. The fourth-order valence-corrected chi connectivity index (χ4v) is 4.15. The summed E-state index contributed by atoms with van der Waals surface area (Å²) in [5.74, 6) is 0.613. The van der Waals surface area contributed by atoms with Crippen LogP contribution in [0.25, 0.3) is 0 Å². The Balaban J connectivity index is 1.69. The normalized spacial score (nSPS) is 23.8. The van der Waals surface area contributed by atoms with Gasteiger partial charge in [0.1, 0.15) is 0 Å². The lowest BCUT2D eigenvalue weighted by molar-refractivity contribution is -0.136. The average Bonchev–Trinajstić information content (AvgIpc) is 2.78. The molecule has 1 amide bonds. The van der Waals surface area contributed by atoms with E-state index >= 15 is 0 Å². The van der Waals surface area contributed by atoms with Crippen molar-refractivity contribution >= 4 is 17.2 Å². The molecule has 1 atom stereocenters. The van der Waals surface area contributed by atoms with Crippen molar-refractivity contribution in [1.82, 2.24) is 9.88 Å². The molecule has 3 nitrogen and oxygen atoms in total. The van der Waals surface area contributed by atoms with Crippen molar-refractivity contribution in [2.75, 3.05) is 13.1 Å². The maximum atomic E-state index is 12.5. The van der Waals surface area contributed by atoms with Gasteiger partial charge >= 0.3 is 0 Å². The summed E-state index contributed by atoms with van der Waals surface area (Å²) < 4.78 is 0. The summed E-state index contributed by atoms with van der Waals surface area (Å²) in [5.41, 5.74) is 1.25. The molecule has 1 aliphatic heterocycles. The molecule has 1 aliphatic carbocycles. The Hall–Kier alpha value is -0.900. The van der Waals surface area contributed by atoms with E-state index in [4.69, 9.17) is 0 Å². The molecule has 1 aromatic rings. The average molecular weight is 264 g/mol. The van der Waals surface area contributed by atoms with Crippen LogP contribution >= 0.6 is 11.3 Å². The Morgan fingerprint density at radius 2 is 2.11 bits per heavy atom. The van der Waals surface area contributed by atoms with Crippen molar-refractivity contribution in [3.05, 3.63) is 15.6 Å². The summed E-state index contributed by atoms with van der Waals surface area (Å²) in [6.07, 6.45) is 6.56. The van der Waals surface area contributed by atoms with Crippen LogP contribution in [0.15, 0.2) is 0 Å². The molecule has 1 saturated heterocycles. The minimum atomic E-state index is 0.218. The number of fused-ring (bicyclic) bond motifs is 1. The Morgan fingerprint density at radius 1 is 1.33 bits per heavy atom. The van der Waals surface area contributed by atoms with Crippen molar-refractivity contribution in [2.24, 2.45) is 5.92 Å². The van der Waals surface area contributed by atoms with Crippen molar-refractivity contribution in [1.29, 1.82) is 0 Å². The Bertz CT molecular complexity index is 449. The highest BCUT2D eigenvalue weighted by Crippen LogP contribution is 2.31.